The Labute approximate surface area is 156 Å². The van der Waals surface area contributed by atoms with Crippen LogP contribution in [0.15, 0.2) is 11.6 Å². The molecule has 144 valence electrons. The Balaban J connectivity index is 1.57. The highest BCUT2D eigenvalue weighted by atomic mass is 16.5. The van der Waals surface area contributed by atoms with Crippen LogP contribution < -0.4 is 0 Å². The van der Waals surface area contributed by atoms with E-state index in [2.05, 4.69) is 19.9 Å². The van der Waals surface area contributed by atoms with Crippen molar-refractivity contribution in [2.75, 3.05) is 0 Å². The number of hydrogen-bond acceptors (Lipinski definition) is 4. The number of allylic oxidation sites excluding steroid dienone is 1. The minimum absolute atomic E-state index is 0.0516. The van der Waals surface area contributed by atoms with Gasteiger partial charge in [0.25, 0.3) is 0 Å². The summed E-state index contributed by atoms with van der Waals surface area (Å²) in [4.78, 5) is 22.9. The van der Waals surface area contributed by atoms with Gasteiger partial charge in [-0.15, -0.1) is 0 Å². The molecule has 3 saturated carbocycles. The van der Waals surface area contributed by atoms with E-state index in [9.17, 15) is 9.59 Å². The Bertz CT molecular complexity index is 653. The maximum Gasteiger partial charge on any atom is 0.302 e. The number of rotatable bonds is 2. The number of ether oxygens (including phenoxy) is 2. The average molecular weight is 360 g/mol. The third-order valence-corrected chi connectivity index (χ3v) is 8.27. The summed E-state index contributed by atoms with van der Waals surface area (Å²) in [6, 6.07) is 0. The van der Waals surface area contributed by atoms with Gasteiger partial charge in [-0.3, -0.25) is 9.59 Å². The molecule has 0 N–H and O–H groups in total. The van der Waals surface area contributed by atoms with Gasteiger partial charge < -0.3 is 9.47 Å². The van der Waals surface area contributed by atoms with Crippen molar-refractivity contribution in [1.29, 1.82) is 0 Å². The molecule has 4 aliphatic carbocycles. The topological polar surface area (TPSA) is 52.6 Å². The lowest BCUT2D eigenvalue weighted by atomic mass is 9.55. The predicted molar refractivity (Wildman–Crippen MR) is 98.2 cm³/mol. The standard InChI is InChI=1S/C22H32O4/c1-13(23)25-16-7-9-21(3)15(11-16)12-17-18-5-6-20(26-14(2)24)22(18,4)10-8-19(17)21/h12,16-20H,5-11H2,1-4H3. The molecule has 7 unspecified atom stereocenters. The van der Waals surface area contributed by atoms with Gasteiger partial charge in [0.2, 0.25) is 0 Å². The highest BCUT2D eigenvalue weighted by molar-refractivity contribution is 5.66. The normalized spacial score (nSPS) is 46.6. The maximum atomic E-state index is 11.5. The zero-order chi connectivity index (χ0) is 18.7. The molecule has 0 radical (unpaired) electrons. The summed E-state index contributed by atoms with van der Waals surface area (Å²) in [5.74, 6) is 1.58. The highest BCUT2D eigenvalue weighted by Crippen LogP contribution is 2.66. The lowest BCUT2D eigenvalue weighted by Crippen LogP contribution is -2.46. The fourth-order valence-corrected chi connectivity index (χ4v) is 6.97. The lowest BCUT2D eigenvalue weighted by Gasteiger charge is -2.50. The molecule has 0 aromatic rings. The van der Waals surface area contributed by atoms with Crippen LogP contribution >= 0.6 is 0 Å². The summed E-state index contributed by atoms with van der Waals surface area (Å²) < 4.78 is 11.2. The zero-order valence-corrected chi connectivity index (χ0v) is 16.5. The summed E-state index contributed by atoms with van der Waals surface area (Å²) in [6.45, 7) is 7.83. The molecule has 0 aromatic heterocycles. The first-order valence-electron chi connectivity index (χ1n) is 10.3. The predicted octanol–water partition coefficient (Wildman–Crippen LogP) is 4.42. The largest absolute Gasteiger partial charge is 0.462 e. The summed E-state index contributed by atoms with van der Waals surface area (Å²) in [5.41, 5.74) is 1.90. The van der Waals surface area contributed by atoms with Crippen molar-refractivity contribution in [2.45, 2.75) is 84.8 Å². The number of fused-ring (bicyclic) bond motifs is 5. The van der Waals surface area contributed by atoms with Crippen molar-refractivity contribution in [3.8, 4) is 0 Å². The highest BCUT2D eigenvalue weighted by Gasteiger charge is 2.60. The van der Waals surface area contributed by atoms with Gasteiger partial charge in [-0.05, 0) is 61.7 Å². The van der Waals surface area contributed by atoms with Crippen molar-refractivity contribution in [1.82, 2.24) is 0 Å². The van der Waals surface area contributed by atoms with Crippen molar-refractivity contribution in [2.24, 2.45) is 28.6 Å². The second-order valence-corrected chi connectivity index (χ2v) is 9.59. The Hall–Kier alpha value is -1.32. The van der Waals surface area contributed by atoms with Gasteiger partial charge in [0.1, 0.15) is 12.2 Å². The van der Waals surface area contributed by atoms with E-state index in [1.54, 1.807) is 0 Å². The molecule has 0 spiro atoms. The van der Waals surface area contributed by atoms with E-state index in [4.69, 9.17) is 9.47 Å². The summed E-state index contributed by atoms with van der Waals surface area (Å²) in [6.07, 6.45) is 10.2. The molecule has 0 saturated heterocycles. The van der Waals surface area contributed by atoms with Gasteiger partial charge in [0.05, 0.1) is 0 Å². The minimum Gasteiger partial charge on any atom is -0.462 e. The smallest absolute Gasteiger partial charge is 0.302 e. The molecule has 4 rings (SSSR count). The Morgan fingerprint density at radius 2 is 1.69 bits per heavy atom. The third kappa shape index (κ3) is 2.63. The third-order valence-electron chi connectivity index (χ3n) is 8.27. The first-order valence-corrected chi connectivity index (χ1v) is 10.3. The van der Waals surface area contributed by atoms with Crippen LogP contribution in [0.3, 0.4) is 0 Å². The van der Waals surface area contributed by atoms with Crippen LogP contribution in [0.1, 0.15) is 72.6 Å². The summed E-state index contributed by atoms with van der Waals surface area (Å²) in [7, 11) is 0. The SMILES string of the molecule is CC(=O)OC1CCC2(C)C(=CC3C2CCC2(C)C(OC(C)=O)CCC32)C1. The van der Waals surface area contributed by atoms with Crippen LogP contribution in [0.5, 0.6) is 0 Å². The Kier molecular flexibility index (Phi) is 4.24. The number of esters is 2. The van der Waals surface area contributed by atoms with Crippen molar-refractivity contribution < 1.29 is 19.1 Å². The van der Waals surface area contributed by atoms with Crippen LogP contribution in [-0.4, -0.2) is 24.1 Å². The van der Waals surface area contributed by atoms with Gasteiger partial charge in [-0.1, -0.05) is 25.5 Å². The molecule has 0 heterocycles. The molecule has 0 amide bonds. The van der Waals surface area contributed by atoms with Crippen LogP contribution in [-0.2, 0) is 19.1 Å². The summed E-state index contributed by atoms with van der Waals surface area (Å²) in [5, 5.41) is 0. The van der Waals surface area contributed by atoms with Gasteiger partial charge in [-0.2, -0.15) is 0 Å². The fourth-order valence-electron chi connectivity index (χ4n) is 6.97. The second kappa shape index (κ2) is 6.10. The molecule has 3 fully saturated rings. The molecule has 26 heavy (non-hydrogen) atoms. The lowest BCUT2D eigenvalue weighted by molar-refractivity contribution is -0.155. The molecule has 4 aliphatic rings. The second-order valence-electron chi connectivity index (χ2n) is 9.59. The Morgan fingerprint density at radius 1 is 0.962 bits per heavy atom. The van der Waals surface area contributed by atoms with E-state index in [0.29, 0.717) is 17.8 Å². The number of hydrogen-bond donors (Lipinski definition) is 0. The first-order chi connectivity index (χ1) is 12.2. The summed E-state index contributed by atoms with van der Waals surface area (Å²) >= 11 is 0. The molecule has 0 aromatic carbocycles. The molecule has 7 atom stereocenters. The Morgan fingerprint density at radius 3 is 2.38 bits per heavy atom. The average Bonchev–Trinajstić information content (AvgIpc) is 3.01. The first kappa shape index (κ1) is 18.1. The van der Waals surface area contributed by atoms with Gasteiger partial charge >= 0.3 is 11.9 Å². The van der Waals surface area contributed by atoms with Crippen molar-refractivity contribution >= 4 is 11.9 Å². The quantitative estimate of drug-likeness (QED) is 0.540. The molecule has 0 bridgehead atoms. The van der Waals surface area contributed by atoms with E-state index < -0.39 is 0 Å². The van der Waals surface area contributed by atoms with Gasteiger partial charge in [0.15, 0.2) is 0 Å². The zero-order valence-electron chi connectivity index (χ0n) is 16.5. The molecule has 0 aliphatic heterocycles. The van der Waals surface area contributed by atoms with E-state index in [-0.39, 0.29) is 35.0 Å². The number of carbonyl (C=O) groups is 2. The minimum atomic E-state index is -0.165. The van der Waals surface area contributed by atoms with Crippen molar-refractivity contribution in [3.63, 3.8) is 0 Å². The fraction of sp³-hybridized carbons (Fsp3) is 0.818. The van der Waals surface area contributed by atoms with Crippen LogP contribution in [0.4, 0.5) is 0 Å². The van der Waals surface area contributed by atoms with E-state index in [1.807, 2.05) is 0 Å². The van der Waals surface area contributed by atoms with Crippen LogP contribution in [0.2, 0.25) is 0 Å². The molecule has 4 nitrogen and oxygen atoms in total. The van der Waals surface area contributed by atoms with Gasteiger partial charge in [-0.25, -0.2) is 0 Å². The van der Waals surface area contributed by atoms with Crippen LogP contribution in [0.25, 0.3) is 0 Å². The van der Waals surface area contributed by atoms with Crippen LogP contribution in [0, 0.1) is 28.6 Å². The van der Waals surface area contributed by atoms with E-state index in [0.717, 1.165) is 38.5 Å². The maximum absolute atomic E-state index is 11.5. The molecular weight excluding hydrogens is 328 g/mol. The van der Waals surface area contributed by atoms with Crippen molar-refractivity contribution in [3.05, 3.63) is 11.6 Å². The monoisotopic (exact) mass is 360 g/mol. The van der Waals surface area contributed by atoms with E-state index in [1.165, 1.54) is 25.8 Å². The molecule has 4 heteroatoms. The molecular formula is C22H32O4. The van der Waals surface area contributed by atoms with Gasteiger partial charge in [0, 0.05) is 25.7 Å². The van der Waals surface area contributed by atoms with E-state index >= 15 is 0 Å². The number of carbonyl (C=O) groups excluding carboxylic acids is 2.